The molecule has 1 aromatic carbocycles. The molecule has 3 N–H and O–H groups in total. The molecule has 0 spiro atoms. The predicted octanol–water partition coefficient (Wildman–Crippen LogP) is 1.57. The summed E-state index contributed by atoms with van der Waals surface area (Å²) in [5, 5.41) is 14.3. The number of aryl methyl sites for hydroxylation is 1. The van der Waals surface area contributed by atoms with Gasteiger partial charge in [-0.15, -0.1) is 0 Å². The number of anilines is 1. The first-order chi connectivity index (χ1) is 9.85. The Kier molecular flexibility index (Phi) is 4.18. The molecule has 2 amide bonds. The summed E-state index contributed by atoms with van der Waals surface area (Å²) in [5.41, 5.74) is 0.0613. The summed E-state index contributed by atoms with van der Waals surface area (Å²) in [7, 11) is 0. The Morgan fingerprint density at radius 2 is 2.00 bits per heavy atom. The summed E-state index contributed by atoms with van der Waals surface area (Å²) in [6.07, 6.45) is 0.610. The lowest BCUT2D eigenvalue weighted by Gasteiger charge is -2.11. The van der Waals surface area contributed by atoms with Gasteiger partial charge in [0, 0.05) is 0 Å². The van der Waals surface area contributed by atoms with Crippen LogP contribution < -0.4 is 10.6 Å². The Labute approximate surface area is 126 Å². The number of benzene rings is 1. The number of carbonyl (C=O) groups excluding carboxylic acids is 2. The minimum Gasteiger partial charge on any atom is -0.480 e. The number of halogens is 1. The van der Waals surface area contributed by atoms with Gasteiger partial charge in [0.2, 0.25) is 11.8 Å². The Hall–Kier alpha value is -2.08. The summed E-state index contributed by atoms with van der Waals surface area (Å²) < 4.78 is 0. The number of carbonyl (C=O) groups is 3. The zero-order chi connectivity index (χ0) is 15.6. The molecule has 0 aromatic heterocycles. The van der Waals surface area contributed by atoms with Crippen molar-refractivity contribution in [2.24, 2.45) is 5.41 Å². The fourth-order valence-corrected chi connectivity index (χ4v) is 2.19. The van der Waals surface area contributed by atoms with E-state index in [1.165, 1.54) is 0 Å². The summed E-state index contributed by atoms with van der Waals surface area (Å²) in [5.74, 6) is -2.24. The molecule has 2 rings (SSSR count). The molecular weight excluding hydrogens is 296 g/mol. The molecule has 7 heteroatoms. The van der Waals surface area contributed by atoms with E-state index < -0.39 is 23.2 Å². The van der Waals surface area contributed by atoms with E-state index in [-0.39, 0.29) is 6.54 Å². The third-order valence-corrected chi connectivity index (χ3v) is 3.71. The average molecular weight is 311 g/mol. The topological polar surface area (TPSA) is 95.5 Å². The van der Waals surface area contributed by atoms with Crippen LogP contribution in [0.1, 0.15) is 18.4 Å². The van der Waals surface area contributed by atoms with Gasteiger partial charge < -0.3 is 15.7 Å². The maximum absolute atomic E-state index is 11.7. The number of nitrogens with one attached hydrogen (secondary N) is 2. The third kappa shape index (κ3) is 3.33. The molecule has 1 saturated carbocycles. The smallest absolute Gasteiger partial charge is 0.319 e. The third-order valence-electron chi connectivity index (χ3n) is 3.40. The molecule has 0 unspecified atom stereocenters. The highest BCUT2D eigenvalue weighted by Gasteiger charge is 2.57. The fourth-order valence-electron chi connectivity index (χ4n) is 1.91. The van der Waals surface area contributed by atoms with Crippen LogP contribution in [-0.4, -0.2) is 29.4 Å². The summed E-state index contributed by atoms with van der Waals surface area (Å²) >= 11 is 5.98. The lowest BCUT2D eigenvalue weighted by Crippen LogP contribution is -2.40. The second-order valence-corrected chi connectivity index (χ2v) is 5.51. The molecule has 1 aromatic rings. The lowest BCUT2D eigenvalue weighted by atomic mass is 10.1. The molecule has 0 heterocycles. The second kappa shape index (κ2) is 5.73. The average Bonchev–Trinajstić information content (AvgIpc) is 3.21. The lowest BCUT2D eigenvalue weighted by molar-refractivity contribution is -0.149. The van der Waals surface area contributed by atoms with Crippen LogP contribution >= 0.6 is 11.6 Å². The molecule has 0 saturated heterocycles. The van der Waals surface area contributed by atoms with E-state index in [0.717, 1.165) is 5.56 Å². The van der Waals surface area contributed by atoms with Crippen LogP contribution in [0.5, 0.6) is 0 Å². The zero-order valence-corrected chi connectivity index (χ0v) is 12.2. The number of hydrogen-bond acceptors (Lipinski definition) is 3. The molecule has 0 bridgehead atoms. The van der Waals surface area contributed by atoms with Crippen LogP contribution in [0.4, 0.5) is 5.69 Å². The van der Waals surface area contributed by atoms with Crippen molar-refractivity contribution in [3.8, 4) is 0 Å². The Morgan fingerprint density at radius 1 is 1.33 bits per heavy atom. The van der Waals surface area contributed by atoms with Gasteiger partial charge in [-0.25, -0.2) is 0 Å². The minimum absolute atomic E-state index is 0.294. The van der Waals surface area contributed by atoms with Crippen LogP contribution in [0.2, 0.25) is 5.02 Å². The van der Waals surface area contributed by atoms with Gasteiger partial charge >= 0.3 is 5.97 Å². The first kappa shape index (κ1) is 15.3. The number of amides is 2. The minimum atomic E-state index is -1.35. The van der Waals surface area contributed by atoms with Crippen molar-refractivity contribution in [3.63, 3.8) is 0 Å². The largest absolute Gasteiger partial charge is 0.480 e. The van der Waals surface area contributed by atoms with E-state index in [0.29, 0.717) is 23.6 Å². The molecule has 0 atom stereocenters. The van der Waals surface area contributed by atoms with Crippen LogP contribution in [0.3, 0.4) is 0 Å². The van der Waals surface area contributed by atoms with Gasteiger partial charge in [0.15, 0.2) is 0 Å². The van der Waals surface area contributed by atoms with Gasteiger partial charge in [0.25, 0.3) is 0 Å². The van der Waals surface area contributed by atoms with E-state index >= 15 is 0 Å². The molecule has 0 aliphatic heterocycles. The zero-order valence-electron chi connectivity index (χ0n) is 11.4. The predicted molar refractivity (Wildman–Crippen MR) is 77.1 cm³/mol. The van der Waals surface area contributed by atoms with E-state index in [9.17, 15) is 14.4 Å². The van der Waals surface area contributed by atoms with Gasteiger partial charge in [0.05, 0.1) is 17.3 Å². The van der Waals surface area contributed by atoms with Crippen molar-refractivity contribution < 1.29 is 19.5 Å². The highest BCUT2D eigenvalue weighted by molar-refractivity contribution is 6.33. The van der Waals surface area contributed by atoms with Crippen molar-refractivity contribution in [3.05, 3.63) is 28.8 Å². The van der Waals surface area contributed by atoms with Crippen LogP contribution in [-0.2, 0) is 14.4 Å². The monoisotopic (exact) mass is 310 g/mol. The summed E-state index contributed by atoms with van der Waals surface area (Å²) in [6.45, 7) is 1.58. The van der Waals surface area contributed by atoms with Crippen molar-refractivity contribution in [1.82, 2.24) is 5.32 Å². The highest BCUT2D eigenvalue weighted by atomic mass is 35.5. The van der Waals surface area contributed by atoms with Crippen LogP contribution in [0, 0.1) is 12.3 Å². The molecule has 112 valence electrons. The van der Waals surface area contributed by atoms with Gasteiger partial charge in [-0.1, -0.05) is 17.7 Å². The number of aliphatic carboxylic acids is 1. The standard InChI is InChI=1S/C14H15ClN2O4/c1-8-2-3-10(9(15)6-8)17-11(18)7-16-12(19)14(4-5-14)13(20)21/h2-3,6H,4-5,7H2,1H3,(H,16,19)(H,17,18)(H,20,21). The maximum atomic E-state index is 11.7. The maximum Gasteiger partial charge on any atom is 0.319 e. The van der Waals surface area contributed by atoms with Crippen molar-refractivity contribution >= 4 is 35.1 Å². The SMILES string of the molecule is Cc1ccc(NC(=O)CNC(=O)C2(C(=O)O)CC2)c(Cl)c1. The Morgan fingerprint density at radius 3 is 2.52 bits per heavy atom. The van der Waals surface area contributed by atoms with Crippen LogP contribution in [0.25, 0.3) is 0 Å². The van der Waals surface area contributed by atoms with E-state index in [2.05, 4.69) is 10.6 Å². The number of hydrogen-bond donors (Lipinski definition) is 3. The molecular formula is C14H15ClN2O4. The molecule has 1 fully saturated rings. The second-order valence-electron chi connectivity index (χ2n) is 5.10. The Balaban J connectivity index is 1.88. The first-order valence-corrected chi connectivity index (χ1v) is 6.81. The molecule has 0 radical (unpaired) electrons. The van der Waals surface area contributed by atoms with Crippen molar-refractivity contribution in [1.29, 1.82) is 0 Å². The number of rotatable bonds is 5. The van der Waals surface area contributed by atoms with Gasteiger partial charge in [-0.3, -0.25) is 14.4 Å². The first-order valence-electron chi connectivity index (χ1n) is 6.43. The highest BCUT2D eigenvalue weighted by Crippen LogP contribution is 2.45. The van der Waals surface area contributed by atoms with E-state index in [4.69, 9.17) is 16.7 Å². The van der Waals surface area contributed by atoms with E-state index in [1.807, 2.05) is 6.92 Å². The fraction of sp³-hybridized carbons (Fsp3) is 0.357. The van der Waals surface area contributed by atoms with Crippen molar-refractivity contribution in [2.75, 3.05) is 11.9 Å². The molecule has 6 nitrogen and oxygen atoms in total. The quantitative estimate of drug-likeness (QED) is 0.719. The van der Waals surface area contributed by atoms with Gasteiger partial charge in [-0.2, -0.15) is 0 Å². The summed E-state index contributed by atoms with van der Waals surface area (Å²) in [6, 6.07) is 5.17. The van der Waals surface area contributed by atoms with E-state index in [1.54, 1.807) is 18.2 Å². The summed E-state index contributed by atoms with van der Waals surface area (Å²) in [4.78, 5) is 34.4. The molecule has 1 aliphatic carbocycles. The number of carboxylic acids is 1. The Bertz CT molecular complexity index is 611. The number of carboxylic acid groups (broad SMARTS) is 1. The normalized spacial score (nSPS) is 15.1. The van der Waals surface area contributed by atoms with Crippen LogP contribution in [0.15, 0.2) is 18.2 Å². The molecule has 1 aliphatic rings. The van der Waals surface area contributed by atoms with Gasteiger partial charge in [0.1, 0.15) is 5.41 Å². The van der Waals surface area contributed by atoms with Crippen molar-refractivity contribution in [2.45, 2.75) is 19.8 Å². The van der Waals surface area contributed by atoms with Gasteiger partial charge in [-0.05, 0) is 37.5 Å². The molecule has 21 heavy (non-hydrogen) atoms.